The molecule has 2 aliphatic rings. The molecule has 2 bridgehead atoms. The number of fused-ring (bicyclic) bond motifs is 2. The molecule has 2 N–H and O–H groups in total. The van der Waals surface area contributed by atoms with Gasteiger partial charge in [0.15, 0.2) is 17.5 Å². The molecule has 1 aromatic rings. The number of rotatable bonds is 5. The van der Waals surface area contributed by atoms with Crippen LogP contribution in [0.25, 0.3) is 0 Å². The summed E-state index contributed by atoms with van der Waals surface area (Å²) < 4.78 is 16.7. The van der Waals surface area contributed by atoms with Crippen LogP contribution in [0.1, 0.15) is 24.8 Å². The second kappa shape index (κ2) is 8.75. The summed E-state index contributed by atoms with van der Waals surface area (Å²) in [6.07, 6.45) is 4.14. The molecule has 2 heterocycles. The van der Waals surface area contributed by atoms with E-state index in [1.54, 1.807) is 21.3 Å². The van der Waals surface area contributed by atoms with E-state index < -0.39 is 0 Å². The Bertz CT molecular complexity index is 582. The molecular formula is C17H26IN3O3. The van der Waals surface area contributed by atoms with Gasteiger partial charge in [0, 0.05) is 19.2 Å². The first-order valence-electron chi connectivity index (χ1n) is 8.07. The fraction of sp³-hybridized carbons (Fsp3) is 0.588. The number of para-hydroxylation sites is 1. The van der Waals surface area contributed by atoms with Crippen molar-refractivity contribution in [3.05, 3.63) is 23.8 Å². The van der Waals surface area contributed by atoms with Crippen LogP contribution in [0.4, 0.5) is 0 Å². The predicted octanol–water partition coefficient (Wildman–Crippen LogP) is 2.31. The summed E-state index contributed by atoms with van der Waals surface area (Å²) in [5, 5.41) is 6.82. The Kier molecular flexibility index (Phi) is 6.97. The summed E-state index contributed by atoms with van der Waals surface area (Å²) >= 11 is 0. The van der Waals surface area contributed by atoms with E-state index >= 15 is 0 Å². The SMILES string of the molecule is CN=C(NCc1cccc(OC)c1OC)NC1CC2CCC1O2.I. The molecular weight excluding hydrogens is 421 g/mol. The first-order chi connectivity index (χ1) is 11.2. The second-order valence-electron chi connectivity index (χ2n) is 5.94. The predicted molar refractivity (Wildman–Crippen MR) is 105 cm³/mol. The minimum atomic E-state index is 0. The molecule has 0 radical (unpaired) electrons. The van der Waals surface area contributed by atoms with E-state index in [1.165, 1.54) is 6.42 Å². The number of nitrogens with zero attached hydrogens (tertiary/aromatic N) is 1. The summed E-state index contributed by atoms with van der Waals surface area (Å²) in [5.74, 6) is 2.27. The average Bonchev–Trinajstić information content (AvgIpc) is 3.20. The molecule has 7 heteroatoms. The maximum Gasteiger partial charge on any atom is 0.191 e. The zero-order chi connectivity index (χ0) is 16.2. The Morgan fingerprint density at radius 2 is 2.12 bits per heavy atom. The van der Waals surface area contributed by atoms with Gasteiger partial charge < -0.3 is 24.8 Å². The van der Waals surface area contributed by atoms with Crippen molar-refractivity contribution in [1.82, 2.24) is 10.6 Å². The third-order valence-corrected chi connectivity index (χ3v) is 4.58. The summed E-state index contributed by atoms with van der Waals surface area (Å²) in [7, 11) is 5.08. The lowest BCUT2D eigenvalue weighted by Gasteiger charge is -2.23. The van der Waals surface area contributed by atoms with Gasteiger partial charge in [-0.25, -0.2) is 0 Å². The van der Waals surface area contributed by atoms with Gasteiger partial charge in [-0.15, -0.1) is 24.0 Å². The Morgan fingerprint density at radius 1 is 1.29 bits per heavy atom. The molecule has 2 aliphatic heterocycles. The lowest BCUT2D eigenvalue weighted by Crippen LogP contribution is -2.47. The first kappa shape index (κ1) is 19.1. The van der Waals surface area contributed by atoms with Crippen molar-refractivity contribution in [1.29, 1.82) is 0 Å². The third-order valence-electron chi connectivity index (χ3n) is 4.58. The van der Waals surface area contributed by atoms with E-state index in [2.05, 4.69) is 15.6 Å². The van der Waals surface area contributed by atoms with E-state index in [0.29, 0.717) is 24.8 Å². The van der Waals surface area contributed by atoms with Crippen LogP contribution in [0.15, 0.2) is 23.2 Å². The van der Waals surface area contributed by atoms with Gasteiger partial charge in [-0.2, -0.15) is 0 Å². The molecule has 0 saturated carbocycles. The lowest BCUT2D eigenvalue weighted by atomic mass is 9.96. The number of nitrogens with one attached hydrogen (secondary N) is 2. The number of benzene rings is 1. The van der Waals surface area contributed by atoms with E-state index in [1.807, 2.05) is 18.2 Å². The van der Waals surface area contributed by atoms with Crippen LogP contribution >= 0.6 is 24.0 Å². The van der Waals surface area contributed by atoms with E-state index in [9.17, 15) is 0 Å². The monoisotopic (exact) mass is 447 g/mol. The van der Waals surface area contributed by atoms with Crippen molar-refractivity contribution in [2.24, 2.45) is 4.99 Å². The number of halogens is 1. The Balaban J connectivity index is 0.00000208. The van der Waals surface area contributed by atoms with Crippen LogP contribution in [0, 0.1) is 0 Å². The van der Waals surface area contributed by atoms with Crippen LogP contribution in [-0.4, -0.2) is 45.5 Å². The standard InChI is InChI=1S/C17H25N3O3.HI/c1-18-17(20-13-9-12-7-8-14(13)23-12)19-10-11-5-4-6-15(21-2)16(11)22-3;/h4-6,12-14H,7-10H2,1-3H3,(H2,18,19,20);1H. The fourth-order valence-corrected chi connectivity index (χ4v) is 3.43. The normalized spacial score (nSPS) is 25.1. The zero-order valence-electron chi connectivity index (χ0n) is 14.4. The van der Waals surface area contributed by atoms with Gasteiger partial charge >= 0.3 is 0 Å². The molecule has 2 fully saturated rings. The van der Waals surface area contributed by atoms with Crippen molar-refractivity contribution in [2.75, 3.05) is 21.3 Å². The number of aliphatic imine (C=N–C) groups is 1. The molecule has 3 rings (SSSR count). The van der Waals surface area contributed by atoms with Crippen LogP contribution in [0.5, 0.6) is 11.5 Å². The second-order valence-corrected chi connectivity index (χ2v) is 5.94. The smallest absolute Gasteiger partial charge is 0.191 e. The largest absolute Gasteiger partial charge is 0.493 e. The van der Waals surface area contributed by atoms with E-state index in [4.69, 9.17) is 14.2 Å². The van der Waals surface area contributed by atoms with Crippen LogP contribution in [0.2, 0.25) is 0 Å². The van der Waals surface area contributed by atoms with Crippen molar-refractivity contribution in [3.8, 4) is 11.5 Å². The topological polar surface area (TPSA) is 64.1 Å². The highest BCUT2D eigenvalue weighted by Gasteiger charge is 2.41. The Labute approximate surface area is 160 Å². The van der Waals surface area contributed by atoms with Crippen LogP contribution in [-0.2, 0) is 11.3 Å². The van der Waals surface area contributed by atoms with Crippen molar-refractivity contribution in [2.45, 2.75) is 44.1 Å². The number of guanidine groups is 1. The number of methoxy groups -OCH3 is 2. The van der Waals surface area contributed by atoms with Crippen LogP contribution in [0.3, 0.4) is 0 Å². The maximum absolute atomic E-state index is 5.88. The van der Waals surface area contributed by atoms with E-state index in [0.717, 1.165) is 35.9 Å². The minimum Gasteiger partial charge on any atom is -0.493 e. The Hall–Kier alpha value is -1.22. The summed E-state index contributed by atoms with van der Waals surface area (Å²) in [6.45, 7) is 0.613. The van der Waals surface area contributed by atoms with Crippen molar-refractivity contribution in [3.63, 3.8) is 0 Å². The number of hydrogen-bond donors (Lipinski definition) is 2. The van der Waals surface area contributed by atoms with Crippen molar-refractivity contribution < 1.29 is 14.2 Å². The average molecular weight is 447 g/mol. The van der Waals surface area contributed by atoms with Gasteiger partial charge in [0.05, 0.1) is 32.5 Å². The molecule has 3 unspecified atom stereocenters. The molecule has 3 atom stereocenters. The summed E-state index contributed by atoms with van der Waals surface area (Å²) in [6, 6.07) is 6.22. The summed E-state index contributed by atoms with van der Waals surface area (Å²) in [4.78, 5) is 4.32. The van der Waals surface area contributed by atoms with Gasteiger partial charge in [-0.3, -0.25) is 4.99 Å². The van der Waals surface area contributed by atoms with Gasteiger partial charge in [0.25, 0.3) is 0 Å². The molecule has 2 saturated heterocycles. The number of ether oxygens (including phenoxy) is 3. The highest BCUT2D eigenvalue weighted by molar-refractivity contribution is 14.0. The highest BCUT2D eigenvalue weighted by Crippen LogP contribution is 2.34. The molecule has 6 nitrogen and oxygen atoms in total. The zero-order valence-corrected chi connectivity index (χ0v) is 16.7. The number of hydrogen-bond acceptors (Lipinski definition) is 4. The molecule has 0 aliphatic carbocycles. The lowest BCUT2D eigenvalue weighted by molar-refractivity contribution is 0.0992. The minimum absolute atomic E-state index is 0. The highest BCUT2D eigenvalue weighted by atomic mass is 127. The summed E-state index contributed by atoms with van der Waals surface area (Å²) in [5.41, 5.74) is 1.03. The molecule has 1 aromatic carbocycles. The van der Waals surface area contributed by atoms with Gasteiger partial charge in [0.2, 0.25) is 0 Å². The van der Waals surface area contributed by atoms with Crippen molar-refractivity contribution >= 4 is 29.9 Å². The van der Waals surface area contributed by atoms with Crippen LogP contribution < -0.4 is 20.1 Å². The quantitative estimate of drug-likeness (QED) is 0.412. The Morgan fingerprint density at radius 3 is 2.71 bits per heavy atom. The molecule has 0 amide bonds. The molecule has 0 aromatic heterocycles. The molecule has 0 spiro atoms. The van der Waals surface area contributed by atoms with Gasteiger partial charge in [0.1, 0.15) is 0 Å². The molecule has 24 heavy (non-hydrogen) atoms. The maximum atomic E-state index is 5.88. The van der Waals surface area contributed by atoms with Gasteiger partial charge in [-0.1, -0.05) is 12.1 Å². The fourth-order valence-electron chi connectivity index (χ4n) is 3.43. The van der Waals surface area contributed by atoms with E-state index in [-0.39, 0.29) is 24.0 Å². The van der Waals surface area contributed by atoms with Gasteiger partial charge in [-0.05, 0) is 25.3 Å². The first-order valence-corrected chi connectivity index (χ1v) is 8.07. The molecule has 134 valence electrons. The third kappa shape index (κ3) is 4.05.